The van der Waals surface area contributed by atoms with E-state index in [1.807, 2.05) is 55.5 Å². The topological polar surface area (TPSA) is 95.1 Å². The van der Waals surface area contributed by atoms with Crippen LogP contribution in [-0.2, 0) is 11.4 Å². The fraction of sp³-hybridized carbons (Fsp3) is 0.292. The number of nitrogens with one attached hydrogen (secondary N) is 1. The van der Waals surface area contributed by atoms with Crippen LogP contribution in [-0.4, -0.2) is 26.4 Å². The van der Waals surface area contributed by atoms with Crippen molar-refractivity contribution in [3.63, 3.8) is 0 Å². The second-order valence-corrected chi connectivity index (χ2v) is 9.18. The molecule has 1 aliphatic heterocycles. The minimum atomic E-state index is -0.561. The Morgan fingerprint density at radius 2 is 2.00 bits per heavy atom. The van der Waals surface area contributed by atoms with Crippen molar-refractivity contribution < 1.29 is 9.53 Å². The molecule has 1 atom stereocenters. The van der Waals surface area contributed by atoms with E-state index in [0.717, 1.165) is 29.7 Å². The molecular weight excluding hydrogens is 458 g/mol. The van der Waals surface area contributed by atoms with Gasteiger partial charge in [-0.3, -0.25) is 4.79 Å². The second-order valence-electron chi connectivity index (χ2n) is 7.71. The molecule has 7 nitrogen and oxygen atoms in total. The smallest absolute Gasteiger partial charge is 0.248 e. The van der Waals surface area contributed by atoms with Gasteiger partial charge >= 0.3 is 0 Å². The molecule has 3 N–H and O–H groups in total. The molecule has 2 aromatic carbocycles. The van der Waals surface area contributed by atoms with Crippen LogP contribution in [0.5, 0.6) is 5.75 Å². The van der Waals surface area contributed by atoms with Crippen LogP contribution in [0.1, 0.15) is 43.9 Å². The average Bonchev–Trinajstić information content (AvgIpc) is 3.20. The van der Waals surface area contributed by atoms with Gasteiger partial charge in [-0.1, -0.05) is 73.1 Å². The van der Waals surface area contributed by atoms with Crippen molar-refractivity contribution >= 4 is 35.2 Å². The van der Waals surface area contributed by atoms with Gasteiger partial charge in [0.15, 0.2) is 0 Å². The van der Waals surface area contributed by atoms with Crippen molar-refractivity contribution in [2.24, 2.45) is 5.73 Å². The maximum Gasteiger partial charge on any atom is 0.248 e. The van der Waals surface area contributed by atoms with E-state index in [0.29, 0.717) is 39.8 Å². The Labute approximate surface area is 202 Å². The van der Waals surface area contributed by atoms with Gasteiger partial charge in [-0.15, -0.1) is 5.10 Å². The first-order valence-corrected chi connectivity index (χ1v) is 12.2. The van der Waals surface area contributed by atoms with E-state index < -0.39 is 11.9 Å². The molecule has 33 heavy (non-hydrogen) atoms. The largest absolute Gasteiger partial charge is 0.488 e. The number of benzene rings is 2. The Hall–Kier alpha value is -2.97. The Bertz CT molecular complexity index is 1190. The van der Waals surface area contributed by atoms with E-state index in [1.54, 1.807) is 16.4 Å². The molecule has 0 aliphatic carbocycles. The lowest BCUT2D eigenvalue weighted by Gasteiger charge is -2.28. The van der Waals surface area contributed by atoms with Crippen molar-refractivity contribution in [3.05, 3.63) is 76.0 Å². The number of nitrogens with two attached hydrogens (primary N) is 1. The molecule has 0 spiro atoms. The monoisotopic (exact) mass is 483 g/mol. The number of aromatic nitrogens is 3. The molecule has 2 heterocycles. The van der Waals surface area contributed by atoms with Crippen LogP contribution >= 0.6 is 23.4 Å². The summed E-state index contributed by atoms with van der Waals surface area (Å²) >= 11 is 7.90. The Kier molecular flexibility index (Phi) is 7.25. The van der Waals surface area contributed by atoms with Crippen LogP contribution in [0.4, 0.5) is 5.95 Å². The molecule has 1 amide bonds. The van der Waals surface area contributed by atoms with Crippen LogP contribution < -0.4 is 15.8 Å². The molecule has 9 heteroatoms. The number of hydrogen-bond donors (Lipinski definition) is 2. The molecule has 172 valence electrons. The first-order chi connectivity index (χ1) is 16.0. The summed E-state index contributed by atoms with van der Waals surface area (Å²) in [6.45, 7) is 4.26. The maximum atomic E-state index is 12.5. The van der Waals surface area contributed by atoms with E-state index >= 15 is 0 Å². The predicted octanol–water partition coefficient (Wildman–Crippen LogP) is 5.18. The summed E-state index contributed by atoms with van der Waals surface area (Å²) in [6.07, 6.45) is 2.18. The summed E-state index contributed by atoms with van der Waals surface area (Å²) in [5.41, 5.74) is 8.54. The molecule has 4 rings (SSSR count). The van der Waals surface area contributed by atoms with Crippen LogP contribution in [0, 0.1) is 0 Å². The number of nitrogens with zero attached hydrogens (tertiary/aromatic N) is 3. The van der Waals surface area contributed by atoms with Gasteiger partial charge in [-0.25, -0.2) is 4.68 Å². The van der Waals surface area contributed by atoms with Crippen LogP contribution in [0.2, 0.25) is 5.02 Å². The van der Waals surface area contributed by atoms with Crippen molar-refractivity contribution in [1.29, 1.82) is 0 Å². The van der Waals surface area contributed by atoms with Crippen molar-refractivity contribution in [1.82, 2.24) is 14.8 Å². The van der Waals surface area contributed by atoms with Gasteiger partial charge in [0.05, 0.1) is 5.57 Å². The second kappa shape index (κ2) is 10.3. The number of carbonyl (C=O) groups excluding carboxylic acids is 1. The van der Waals surface area contributed by atoms with Crippen molar-refractivity contribution in [2.75, 3.05) is 11.1 Å². The number of anilines is 1. The number of halogens is 1. The highest BCUT2D eigenvalue weighted by Crippen LogP contribution is 2.39. The summed E-state index contributed by atoms with van der Waals surface area (Å²) in [4.78, 5) is 17.1. The molecule has 3 aromatic rings. The molecule has 0 saturated heterocycles. The van der Waals surface area contributed by atoms with Crippen molar-refractivity contribution in [3.8, 4) is 5.75 Å². The van der Waals surface area contributed by atoms with Gasteiger partial charge in [0.2, 0.25) is 17.0 Å². The zero-order chi connectivity index (χ0) is 23.4. The first kappa shape index (κ1) is 23.2. The summed E-state index contributed by atoms with van der Waals surface area (Å²) in [5.74, 6) is 1.60. The first-order valence-electron chi connectivity index (χ1n) is 10.8. The Morgan fingerprint density at radius 1 is 1.24 bits per heavy atom. The maximum absolute atomic E-state index is 12.5. The third kappa shape index (κ3) is 5.02. The number of fused-ring (bicyclic) bond motifs is 1. The standard InChI is InChI=1S/C24H26ClN5O2S/c1-3-4-13-33-24-28-23-27-15(2)20(22(26)31)21(30(23)29-24)17-10-6-8-12-19(17)32-14-16-9-5-7-11-18(16)25/h5-12,21H,3-4,13-14H2,1-2H3,(H2,26,31)(H,27,28,29). The fourth-order valence-corrected chi connectivity index (χ4v) is 4.82. The number of rotatable bonds is 9. The van der Waals surface area contributed by atoms with E-state index in [-0.39, 0.29) is 0 Å². The third-order valence-electron chi connectivity index (χ3n) is 5.38. The number of carbonyl (C=O) groups is 1. The highest BCUT2D eigenvalue weighted by molar-refractivity contribution is 7.99. The fourth-order valence-electron chi connectivity index (χ4n) is 3.72. The Balaban J connectivity index is 1.72. The Morgan fingerprint density at radius 3 is 2.76 bits per heavy atom. The zero-order valence-electron chi connectivity index (χ0n) is 18.5. The zero-order valence-corrected chi connectivity index (χ0v) is 20.1. The number of unbranched alkanes of at least 4 members (excludes halogenated alkanes) is 1. The van der Waals surface area contributed by atoms with Gasteiger partial charge in [0.25, 0.3) is 0 Å². The number of primary amides is 1. The molecule has 1 unspecified atom stereocenters. The van der Waals surface area contributed by atoms with Gasteiger partial charge in [0, 0.05) is 27.6 Å². The molecular formula is C24H26ClN5O2S. The van der Waals surface area contributed by atoms with Crippen molar-refractivity contribution in [2.45, 2.75) is 44.5 Å². The van der Waals surface area contributed by atoms with Crippen LogP contribution in [0.3, 0.4) is 0 Å². The summed E-state index contributed by atoms with van der Waals surface area (Å²) in [6, 6.07) is 14.6. The minimum Gasteiger partial charge on any atom is -0.488 e. The average molecular weight is 484 g/mol. The summed E-state index contributed by atoms with van der Waals surface area (Å²) < 4.78 is 7.90. The molecule has 1 aromatic heterocycles. The predicted molar refractivity (Wildman–Crippen MR) is 132 cm³/mol. The number of thioether (sulfide) groups is 1. The lowest BCUT2D eigenvalue weighted by molar-refractivity contribution is -0.115. The van der Waals surface area contributed by atoms with E-state index in [2.05, 4.69) is 17.2 Å². The lowest BCUT2D eigenvalue weighted by Crippen LogP contribution is -2.32. The molecule has 0 bridgehead atoms. The number of hydrogen-bond acceptors (Lipinski definition) is 6. The molecule has 0 radical (unpaired) electrons. The van der Waals surface area contributed by atoms with E-state index in [4.69, 9.17) is 27.2 Å². The number of amides is 1. The number of ether oxygens (including phenoxy) is 1. The molecule has 0 fully saturated rings. The van der Waals surface area contributed by atoms with Gasteiger partial charge in [-0.05, 0) is 25.5 Å². The minimum absolute atomic E-state index is 0.290. The van der Waals surface area contributed by atoms with Gasteiger partial charge in [0.1, 0.15) is 18.4 Å². The summed E-state index contributed by atoms with van der Waals surface area (Å²) in [5, 5.41) is 9.18. The van der Waals surface area contributed by atoms with Gasteiger partial charge in [-0.2, -0.15) is 4.98 Å². The normalized spacial score (nSPS) is 15.2. The van der Waals surface area contributed by atoms with Crippen LogP contribution in [0.25, 0.3) is 0 Å². The number of para-hydroxylation sites is 1. The lowest BCUT2D eigenvalue weighted by atomic mass is 9.94. The molecule has 0 saturated carbocycles. The van der Waals surface area contributed by atoms with Crippen LogP contribution in [0.15, 0.2) is 65.0 Å². The van der Waals surface area contributed by atoms with E-state index in [9.17, 15) is 4.79 Å². The van der Waals surface area contributed by atoms with E-state index in [1.165, 1.54) is 0 Å². The SMILES string of the molecule is CCCCSc1nc2n(n1)C(c1ccccc1OCc1ccccc1Cl)C(C(N)=O)=C(C)N2. The van der Waals surface area contributed by atoms with Gasteiger partial charge < -0.3 is 15.8 Å². The summed E-state index contributed by atoms with van der Waals surface area (Å²) in [7, 11) is 0. The molecule has 1 aliphatic rings. The third-order valence-corrected chi connectivity index (χ3v) is 6.67. The highest BCUT2D eigenvalue weighted by Gasteiger charge is 2.35. The highest BCUT2D eigenvalue weighted by atomic mass is 35.5. The number of allylic oxidation sites excluding steroid dienone is 1. The quantitative estimate of drug-likeness (QED) is 0.322.